The summed E-state index contributed by atoms with van der Waals surface area (Å²) < 4.78 is 5.92. The quantitative estimate of drug-likeness (QED) is 0.919. The van der Waals surface area contributed by atoms with Crippen LogP contribution >= 0.6 is 0 Å². The van der Waals surface area contributed by atoms with E-state index in [1.165, 1.54) is 0 Å². The van der Waals surface area contributed by atoms with E-state index in [0.717, 1.165) is 17.9 Å². The number of benzene rings is 1. The summed E-state index contributed by atoms with van der Waals surface area (Å²) in [7, 11) is 0. The average molecular weight is 312 g/mol. The fourth-order valence-corrected chi connectivity index (χ4v) is 3.03. The third-order valence-corrected chi connectivity index (χ3v) is 4.23. The van der Waals surface area contributed by atoms with Crippen LogP contribution in [0.2, 0.25) is 0 Å². The second-order valence-corrected chi connectivity index (χ2v) is 6.01. The van der Waals surface area contributed by atoms with E-state index in [4.69, 9.17) is 4.74 Å². The summed E-state index contributed by atoms with van der Waals surface area (Å²) in [6, 6.07) is 11.5. The van der Waals surface area contributed by atoms with E-state index in [1.54, 1.807) is 12.4 Å². The highest BCUT2D eigenvalue weighted by molar-refractivity contribution is 5.71. The number of carboxylic acid groups (broad SMARTS) is 1. The summed E-state index contributed by atoms with van der Waals surface area (Å²) in [6.07, 6.45) is 3.38. The maximum absolute atomic E-state index is 11.3. The Kier molecular flexibility index (Phi) is 4.57. The Morgan fingerprint density at radius 1 is 1.30 bits per heavy atom. The summed E-state index contributed by atoms with van der Waals surface area (Å²) in [6.45, 7) is 4.05. The third kappa shape index (κ3) is 3.68. The molecule has 0 saturated carbocycles. The number of carbonyl (C=O) groups is 1. The van der Waals surface area contributed by atoms with Crippen LogP contribution in [0.5, 0.6) is 11.5 Å². The monoisotopic (exact) mass is 312 g/mol. The molecule has 0 radical (unpaired) electrons. The van der Waals surface area contributed by atoms with Crippen LogP contribution in [0.4, 0.5) is 0 Å². The van der Waals surface area contributed by atoms with Crippen molar-refractivity contribution in [3.8, 4) is 11.5 Å². The lowest BCUT2D eigenvalue weighted by Crippen LogP contribution is -2.23. The van der Waals surface area contributed by atoms with Crippen LogP contribution in [0.15, 0.2) is 48.8 Å². The first-order valence-corrected chi connectivity index (χ1v) is 7.74. The molecule has 0 unspecified atom stereocenters. The number of hydrogen-bond acceptors (Lipinski definition) is 4. The number of likely N-dealkylation sites (tertiary alicyclic amines) is 1. The van der Waals surface area contributed by atoms with Crippen molar-refractivity contribution < 1.29 is 14.6 Å². The molecule has 1 saturated heterocycles. The zero-order valence-electron chi connectivity index (χ0n) is 13.1. The number of aromatic nitrogens is 1. The van der Waals surface area contributed by atoms with E-state index in [0.29, 0.717) is 18.8 Å². The molecule has 1 aromatic heterocycles. The highest BCUT2D eigenvalue weighted by atomic mass is 16.5. The van der Waals surface area contributed by atoms with Gasteiger partial charge in [-0.25, -0.2) is 0 Å². The minimum Gasteiger partial charge on any atom is -0.481 e. The molecule has 23 heavy (non-hydrogen) atoms. The number of para-hydroxylation sites is 1. The number of aliphatic carboxylic acids is 1. The molecule has 3 rings (SSSR count). The van der Waals surface area contributed by atoms with Crippen LogP contribution in [-0.2, 0) is 11.3 Å². The van der Waals surface area contributed by atoms with Crippen LogP contribution in [0, 0.1) is 11.8 Å². The minimum absolute atomic E-state index is 0.166. The normalized spacial score (nSPS) is 21.3. The van der Waals surface area contributed by atoms with Crippen LogP contribution in [0.1, 0.15) is 12.5 Å². The van der Waals surface area contributed by atoms with Crippen molar-refractivity contribution in [2.45, 2.75) is 13.5 Å². The zero-order valence-corrected chi connectivity index (χ0v) is 13.1. The van der Waals surface area contributed by atoms with Crippen molar-refractivity contribution in [2.24, 2.45) is 11.8 Å². The van der Waals surface area contributed by atoms with Crippen molar-refractivity contribution in [1.82, 2.24) is 9.88 Å². The largest absolute Gasteiger partial charge is 0.481 e. The molecule has 0 amide bonds. The second kappa shape index (κ2) is 6.79. The highest BCUT2D eigenvalue weighted by Crippen LogP contribution is 2.29. The number of hydrogen-bond donors (Lipinski definition) is 1. The first-order valence-electron chi connectivity index (χ1n) is 7.74. The van der Waals surface area contributed by atoms with E-state index in [-0.39, 0.29) is 11.8 Å². The molecule has 2 heterocycles. The molecule has 1 aliphatic rings. The van der Waals surface area contributed by atoms with Gasteiger partial charge in [0.1, 0.15) is 11.5 Å². The van der Waals surface area contributed by atoms with Gasteiger partial charge in [0.15, 0.2) is 0 Å². The number of nitrogens with zero attached hydrogens (tertiary/aromatic N) is 2. The van der Waals surface area contributed by atoms with E-state index in [2.05, 4.69) is 9.88 Å². The summed E-state index contributed by atoms with van der Waals surface area (Å²) >= 11 is 0. The van der Waals surface area contributed by atoms with Crippen molar-refractivity contribution in [1.29, 1.82) is 0 Å². The average Bonchev–Trinajstić information content (AvgIpc) is 2.91. The Labute approximate surface area is 135 Å². The van der Waals surface area contributed by atoms with Gasteiger partial charge in [0.05, 0.1) is 12.1 Å². The van der Waals surface area contributed by atoms with Gasteiger partial charge in [-0.1, -0.05) is 25.1 Å². The molecule has 1 fully saturated rings. The second-order valence-electron chi connectivity index (χ2n) is 6.01. The molecule has 120 valence electrons. The molecule has 0 aliphatic carbocycles. The first-order chi connectivity index (χ1) is 11.1. The maximum atomic E-state index is 11.3. The van der Waals surface area contributed by atoms with Gasteiger partial charge in [0.25, 0.3) is 0 Å². The molecule has 2 atom stereocenters. The predicted molar refractivity (Wildman–Crippen MR) is 86.3 cm³/mol. The Hall–Kier alpha value is -2.40. The van der Waals surface area contributed by atoms with Crippen molar-refractivity contribution in [3.05, 3.63) is 54.4 Å². The van der Waals surface area contributed by atoms with E-state index in [1.807, 2.05) is 43.3 Å². The molecule has 5 nitrogen and oxygen atoms in total. The van der Waals surface area contributed by atoms with Gasteiger partial charge >= 0.3 is 5.97 Å². The van der Waals surface area contributed by atoms with E-state index in [9.17, 15) is 9.90 Å². The smallest absolute Gasteiger partial charge is 0.308 e. The van der Waals surface area contributed by atoms with Crippen LogP contribution < -0.4 is 4.74 Å². The van der Waals surface area contributed by atoms with Gasteiger partial charge < -0.3 is 9.84 Å². The van der Waals surface area contributed by atoms with Gasteiger partial charge in [0, 0.05) is 31.4 Å². The maximum Gasteiger partial charge on any atom is 0.308 e. The standard InChI is InChI=1S/C18H20N2O3/c1-13-10-20(12-16(13)18(21)22)11-14-5-2-3-7-17(14)23-15-6-4-8-19-9-15/h2-9,13,16H,10-12H2,1H3,(H,21,22)/t13-,16-/m1/s1. The number of ether oxygens (including phenoxy) is 1. The van der Waals surface area contributed by atoms with Gasteiger partial charge in [-0.05, 0) is 24.1 Å². The van der Waals surface area contributed by atoms with Crippen LogP contribution in [0.25, 0.3) is 0 Å². The van der Waals surface area contributed by atoms with Gasteiger partial charge in [-0.2, -0.15) is 0 Å². The Balaban J connectivity index is 1.73. The SMILES string of the molecule is C[C@@H]1CN(Cc2ccccc2Oc2cccnc2)C[C@H]1C(=O)O. The molecule has 1 aromatic carbocycles. The lowest BCUT2D eigenvalue weighted by Gasteiger charge is -2.18. The van der Waals surface area contributed by atoms with Crippen LogP contribution in [-0.4, -0.2) is 34.0 Å². The third-order valence-electron chi connectivity index (χ3n) is 4.23. The highest BCUT2D eigenvalue weighted by Gasteiger charge is 2.34. The lowest BCUT2D eigenvalue weighted by molar-refractivity contribution is -0.142. The molecule has 2 aromatic rings. The minimum atomic E-state index is -0.708. The molecular weight excluding hydrogens is 292 g/mol. The van der Waals surface area contributed by atoms with Crippen molar-refractivity contribution >= 4 is 5.97 Å². The summed E-state index contributed by atoms with van der Waals surface area (Å²) in [4.78, 5) is 17.5. The predicted octanol–water partition coefficient (Wildman–Crippen LogP) is 3.03. The lowest BCUT2D eigenvalue weighted by atomic mass is 9.99. The molecular formula is C18H20N2O3. The molecule has 1 aliphatic heterocycles. The fraction of sp³-hybridized carbons (Fsp3) is 0.333. The molecule has 1 N–H and O–H groups in total. The Morgan fingerprint density at radius 2 is 2.13 bits per heavy atom. The van der Waals surface area contributed by atoms with Gasteiger partial charge in [-0.15, -0.1) is 0 Å². The van der Waals surface area contributed by atoms with Gasteiger partial charge in [-0.3, -0.25) is 14.7 Å². The zero-order chi connectivity index (χ0) is 16.2. The van der Waals surface area contributed by atoms with Gasteiger partial charge in [0.2, 0.25) is 0 Å². The van der Waals surface area contributed by atoms with Crippen LogP contribution in [0.3, 0.4) is 0 Å². The summed E-state index contributed by atoms with van der Waals surface area (Å²) in [5.74, 6) is 0.644. The number of pyridine rings is 1. The fourth-order valence-electron chi connectivity index (χ4n) is 3.03. The molecule has 5 heteroatoms. The van der Waals surface area contributed by atoms with E-state index >= 15 is 0 Å². The molecule has 0 bridgehead atoms. The van der Waals surface area contributed by atoms with E-state index < -0.39 is 5.97 Å². The van der Waals surface area contributed by atoms with Crippen molar-refractivity contribution in [3.63, 3.8) is 0 Å². The number of rotatable bonds is 5. The summed E-state index contributed by atoms with van der Waals surface area (Å²) in [5.41, 5.74) is 1.05. The topological polar surface area (TPSA) is 62.7 Å². The first kappa shape index (κ1) is 15.5. The Morgan fingerprint density at radius 3 is 2.83 bits per heavy atom. The number of carboxylic acids is 1. The van der Waals surface area contributed by atoms with Crippen molar-refractivity contribution in [2.75, 3.05) is 13.1 Å². The Bertz CT molecular complexity index is 675. The molecule has 0 spiro atoms. The summed E-state index contributed by atoms with van der Waals surface area (Å²) in [5, 5.41) is 9.26.